The van der Waals surface area contributed by atoms with Gasteiger partial charge in [-0.3, -0.25) is 0 Å². The van der Waals surface area contributed by atoms with Crippen LogP contribution in [0.3, 0.4) is 0 Å². The van der Waals surface area contributed by atoms with E-state index >= 15 is 0 Å². The number of hydrogen-bond donors (Lipinski definition) is 2. The second-order valence-corrected chi connectivity index (χ2v) is 5.28. The zero-order valence-electron chi connectivity index (χ0n) is 10.7. The number of rotatable bonds is 2. The lowest BCUT2D eigenvalue weighted by molar-refractivity contribution is -0.137. The van der Waals surface area contributed by atoms with Crippen molar-refractivity contribution >= 4 is 22.9 Å². The molecule has 1 aliphatic heterocycles. The molecule has 0 radical (unpaired) electrons. The fourth-order valence-electron chi connectivity index (χ4n) is 2.36. The van der Waals surface area contributed by atoms with Crippen LogP contribution in [0.15, 0.2) is 18.2 Å². The lowest BCUT2D eigenvalue weighted by Gasteiger charge is -2.33. The third-order valence-electron chi connectivity index (χ3n) is 3.33. The maximum atomic E-state index is 12.7. The molecule has 3 N–H and O–H groups in total. The third-order valence-corrected chi connectivity index (χ3v) is 3.55. The van der Waals surface area contributed by atoms with Gasteiger partial charge < -0.3 is 15.7 Å². The molecule has 0 amide bonds. The average Bonchev–Trinajstić information content (AvgIpc) is 2.37. The van der Waals surface area contributed by atoms with Gasteiger partial charge in [-0.2, -0.15) is 13.2 Å². The first-order valence-corrected chi connectivity index (χ1v) is 6.64. The molecular weight excluding hydrogens is 289 g/mol. The van der Waals surface area contributed by atoms with Crippen molar-refractivity contribution in [3.63, 3.8) is 0 Å². The van der Waals surface area contributed by atoms with Gasteiger partial charge in [-0.15, -0.1) is 0 Å². The van der Waals surface area contributed by atoms with Crippen molar-refractivity contribution in [3.05, 3.63) is 29.3 Å². The van der Waals surface area contributed by atoms with Gasteiger partial charge >= 0.3 is 6.18 Å². The topological polar surface area (TPSA) is 49.5 Å². The van der Waals surface area contributed by atoms with Crippen LogP contribution in [0, 0.1) is 0 Å². The fourth-order valence-corrected chi connectivity index (χ4v) is 2.52. The largest absolute Gasteiger partial charge is 0.416 e. The summed E-state index contributed by atoms with van der Waals surface area (Å²) in [6, 6.07) is 3.35. The molecule has 1 aromatic carbocycles. The highest BCUT2D eigenvalue weighted by molar-refractivity contribution is 7.80. The van der Waals surface area contributed by atoms with E-state index in [0.29, 0.717) is 25.2 Å². The molecule has 1 heterocycles. The summed E-state index contributed by atoms with van der Waals surface area (Å²) in [5.74, 6) is 0. The summed E-state index contributed by atoms with van der Waals surface area (Å²) in [6.07, 6.45) is -3.44. The Balaban J connectivity index is 2.40. The Bertz CT molecular complexity index is 519. The number of nitrogens with two attached hydrogens (primary N) is 1. The molecule has 0 bridgehead atoms. The highest BCUT2D eigenvalue weighted by atomic mass is 32.1. The van der Waals surface area contributed by atoms with E-state index < -0.39 is 17.8 Å². The van der Waals surface area contributed by atoms with Crippen LogP contribution in [0.2, 0.25) is 0 Å². The first-order chi connectivity index (χ1) is 9.29. The number of nitrogens with zero attached hydrogens (tertiary/aromatic N) is 1. The van der Waals surface area contributed by atoms with Crippen LogP contribution in [-0.4, -0.2) is 29.3 Å². The maximum Gasteiger partial charge on any atom is 0.416 e. The van der Waals surface area contributed by atoms with Crippen LogP contribution in [-0.2, 0) is 6.18 Å². The number of thiocarbonyl (C=S) groups is 1. The molecule has 0 aliphatic carbocycles. The zero-order valence-corrected chi connectivity index (χ0v) is 11.5. The Morgan fingerprint density at radius 2 is 2.10 bits per heavy atom. The van der Waals surface area contributed by atoms with Gasteiger partial charge in [-0.25, -0.2) is 0 Å². The Morgan fingerprint density at radius 1 is 1.40 bits per heavy atom. The quantitative estimate of drug-likeness (QED) is 0.823. The predicted octanol–water partition coefficient (Wildman–Crippen LogP) is 2.30. The third kappa shape index (κ3) is 3.21. The van der Waals surface area contributed by atoms with E-state index in [1.54, 1.807) is 0 Å². The van der Waals surface area contributed by atoms with E-state index in [4.69, 9.17) is 18.0 Å². The monoisotopic (exact) mass is 304 g/mol. The van der Waals surface area contributed by atoms with Crippen LogP contribution < -0.4 is 10.6 Å². The van der Waals surface area contributed by atoms with Crippen molar-refractivity contribution in [3.8, 4) is 0 Å². The van der Waals surface area contributed by atoms with Gasteiger partial charge in [-0.1, -0.05) is 12.2 Å². The van der Waals surface area contributed by atoms with Gasteiger partial charge in [0.25, 0.3) is 0 Å². The summed E-state index contributed by atoms with van der Waals surface area (Å²) in [7, 11) is 0. The first kappa shape index (κ1) is 15.1. The van der Waals surface area contributed by atoms with Crippen LogP contribution >= 0.6 is 12.2 Å². The molecule has 1 fully saturated rings. The van der Waals surface area contributed by atoms with Crippen molar-refractivity contribution in [2.45, 2.75) is 25.1 Å². The minimum Gasteiger partial charge on any atom is -0.391 e. The summed E-state index contributed by atoms with van der Waals surface area (Å²) in [5, 5.41) is 9.67. The molecule has 0 spiro atoms. The van der Waals surface area contributed by atoms with E-state index in [1.165, 1.54) is 6.07 Å². The summed E-state index contributed by atoms with van der Waals surface area (Å²) in [5.41, 5.74) is 5.51. The highest BCUT2D eigenvalue weighted by Crippen LogP contribution is 2.33. The Kier molecular flexibility index (Phi) is 4.19. The summed E-state index contributed by atoms with van der Waals surface area (Å²) in [4.78, 5) is 1.74. The summed E-state index contributed by atoms with van der Waals surface area (Å²) < 4.78 is 38.2. The molecule has 0 saturated carbocycles. The molecule has 1 aromatic rings. The Labute approximate surface area is 120 Å². The minimum atomic E-state index is -4.43. The molecule has 110 valence electrons. The molecule has 1 saturated heterocycles. The first-order valence-electron chi connectivity index (χ1n) is 6.23. The molecule has 0 aromatic heterocycles. The molecule has 2 rings (SSSR count). The number of hydrogen-bond acceptors (Lipinski definition) is 3. The molecule has 3 nitrogen and oxygen atoms in total. The van der Waals surface area contributed by atoms with Gasteiger partial charge in [0.1, 0.15) is 4.99 Å². The fraction of sp³-hybridized carbons (Fsp3) is 0.462. The lowest BCUT2D eigenvalue weighted by Crippen LogP contribution is -2.39. The highest BCUT2D eigenvalue weighted by Gasteiger charge is 2.32. The second-order valence-electron chi connectivity index (χ2n) is 4.84. The molecule has 1 unspecified atom stereocenters. The second kappa shape index (κ2) is 5.57. The Hall–Kier alpha value is -1.34. The molecule has 7 heteroatoms. The van der Waals surface area contributed by atoms with Crippen molar-refractivity contribution in [1.29, 1.82) is 0 Å². The van der Waals surface area contributed by atoms with Crippen LogP contribution in [0.1, 0.15) is 24.0 Å². The average molecular weight is 304 g/mol. The number of halogens is 3. The SMILES string of the molecule is NC(=S)c1cc(C(F)(F)F)ccc1N1CCCC(O)C1. The molecule has 20 heavy (non-hydrogen) atoms. The minimum absolute atomic E-state index is 0.0776. The van der Waals surface area contributed by atoms with Gasteiger partial charge in [-0.05, 0) is 31.0 Å². The Morgan fingerprint density at radius 3 is 2.65 bits per heavy atom. The normalized spacial score (nSPS) is 20.0. The van der Waals surface area contributed by atoms with Gasteiger partial charge in [0, 0.05) is 24.3 Å². The van der Waals surface area contributed by atoms with Crippen molar-refractivity contribution in [2.24, 2.45) is 5.73 Å². The van der Waals surface area contributed by atoms with Gasteiger partial charge in [0.15, 0.2) is 0 Å². The summed E-state index contributed by atoms with van der Waals surface area (Å²) in [6.45, 7) is 1.04. The zero-order chi connectivity index (χ0) is 14.9. The molecular formula is C13H15F3N2OS. The number of anilines is 1. The van der Waals surface area contributed by atoms with Crippen LogP contribution in [0.4, 0.5) is 18.9 Å². The summed E-state index contributed by atoms with van der Waals surface area (Å²) >= 11 is 4.85. The van der Waals surface area contributed by atoms with E-state index in [-0.39, 0.29) is 10.6 Å². The number of aliphatic hydroxyl groups is 1. The van der Waals surface area contributed by atoms with Crippen LogP contribution in [0.25, 0.3) is 0 Å². The number of benzene rings is 1. The van der Waals surface area contributed by atoms with Crippen molar-refractivity contribution in [1.82, 2.24) is 0 Å². The van der Waals surface area contributed by atoms with Crippen molar-refractivity contribution in [2.75, 3.05) is 18.0 Å². The van der Waals surface area contributed by atoms with Gasteiger partial charge in [0.2, 0.25) is 0 Å². The lowest BCUT2D eigenvalue weighted by atomic mass is 10.0. The standard InChI is InChI=1S/C13H15F3N2OS/c14-13(15,16)8-3-4-11(10(6-8)12(17)20)18-5-1-2-9(19)7-18/h3-4,6,9,19H,1-2,5,7H2,(H2,17,20). The van der Waals surface area contributed by atoms with Crippen LogP contribution in [0.5, 0.6) is 0 Å². The van der Waals surface area contributed by atoms with Gasteiger partial charge in [0.05, 0.1) is 11.7 Å². The number of piperidine rings is 1. The predicted molar refractivity (Wildman–Crippen MR) is 74.8 cm³/mol. The number of alkyl halides is 3. The van der Waals surface area contributed by atoms with E-state index in [2.05, 4.69) is 0 Å². The van der Waals surface area contributed by atoms with E-state index in [1.807, 2.05) is 4.90 Å². The molecule has 1 aliphatic rings. The number of β-amino-alcohol motifs (C(OH)–C–C–N with tert-alkyl or cyclic N) is 1. The number of aliphatic hydroxyl groups excluding tert-OH is 1. The van der Waals surface area contributed by atoms with Crippen molar-refractivity contribution < 1.29 is 18.3 Å². The van der Waals surface area contributed by atoms with E-state index in [9.17, 15) is 18.3 Å². The maximum absolute atomic E-state index is 12.7. The van der Waals surface area contributed by atoms with E-state index in [0.717, 1.165) is 18.6 Å². The smallest absolute Gasteiger partial charge is 0.391 e. The molecule has 1 atom stereocenters.